The Balaban J connectivity index is 1.92. The second kappa shape index (κ2) is 3.72. The molecule has 0 aromatic rings. The van der Waals surface area contributed by atoms with Gasteiger partial charge in [-0.05, 0) is 18.8 Å². The van der Waals surface area contributed by atoms with Gasteiger partial charge in [-0.15, -0.1) is 0 Å². The number of carbonyl (C=O) groups is 1. The zero-order valence-corrected chi connectivity index (χ0v) is 6.97. The first-order valence-corrected chi connectivity index (χ1v) is 4.20. The average Bonchev–Trinajstić information content (AvgIpc) is 1.83. The van der Waals surface area contributed by atoms with Crippen LogP contribution in [0.25, 0.3) is 0 Å². The van der Waals surface area contributed by atoms with Crippen molar-refractivity contribution in [1.29, 1.82) is 0 Å². The Morgan fingerprint density at radius 2 is 2.27 bits per heavy atom. The Morgan fingerprint density at radius 3 is 2.73 bits per heavy atom. The SMILES string of the molecule is CC1CC(NCCC(N)=O)C1. The molecule has 3 nitrogen and oxygen atoms in total. The van der Waals surface area contributed by atoms with Crippen molar-refractivity contribution in [1.82, 2.24) is 5.32 Å². The van der Waals surface area contributed by atoms with E-state index in [9.17, 15) is 4.79 Å². The lowest BCUT2D eigenvalue weighted by Crippen LogP contribution is -2.41. The number of hydrogen-bond donors (Lipinski definition) is 2. The standard InChI is InChI=1S/C8H16N2O/c1-6-4-7(5-6)10-3-2-8(9)11/h6-7,10H,2-5H2,1H3,(H2,9,11). The maximum absolute atomic E-state index is 10.3. The molecule has 1 aliphatic carbocycles. The summed E-state index contributed by atoms with van der Waals surface area (Å²) in [5, 5.41) is 3.28. The molecular formula is C8H16N2O. The zero-order chi connectivity index (χ0) is 8.27. The van der Waals surface area contributed by atoms with Gasteiger partial charge in [-0.2, -0.15) is 0 Å². The monoisotopic (exact) mass is 156 g/mol. The Labute approximate surface area is 67.3 Å². The molecule has 0 saturated heterocycles. The average molecular weight is 156 g/mol. The third kappa shape index (κ3) is 2.89. The molecule has 64 valence electrons. The van der Waals surface area contributed by atoms with Crippen LogP contribution >= 0.6 is 0 Å². The maximum atomic E-state index is 10.3. The Hall–Kier alpha value is -0.570. The Bertz CT molecular complexity index is 141. The minimum Gasteiger partial charge on any atom is -0.370 e. The molecule has 1 fully saturated rings. The molecule has 1 amide bonds. The van der Waals surface area contributed by atoms with Crippen molar-refractivity contribution in [2.45, 2.75) is 32.2 Å². The molecule has 0 heterocycles. The molecular weight excluding hydrogens is 140 g/mol. The van der Waals surface area contributed by atoms with E-state index in [1.54, 1.807) is 0 Å². The second-order valence-electron chi connectivity index (χ2n) is 3.44. The predicted molar refractivity (Wildman–Crippen MR) is 44.0 cm³/mol. The van der Waals surface area contributed by atoms with Crippen molar-refractivity contribution in [3.05, 3.63) is 0 Å². The lowest BCUT2D eigenvalue weighted by Gasteiger charge is -2.33. The van der Waals surface area contributed by atoms with Gasteiger partial charge in [0.2, 0.25) is 5.91 Å². The summed E-state index contributed by atoms with van der Waals surface area (Å²) in [7, 11) is 0. The van der Waals surface area contributed by atoms with E-state index in [0.717, 1.165) is 12.5 Å². The molecule has 1 rings (SSSR count). The number of primary amides is 1. The molecule has 0 unspecified atom stereocenters. The van der Waals surface area contributed by atoms with Gasteiger partial charge in [0.1, 0.15) is 0 Å². The van der Waals surface area contributed by atoms with Crippen LogP contribution in [-0.2, 0) is 4.79 Å². The fraction of sp³-hybridized carbons (Fsp3) is 0.875. The number of hydrogen-bond acceptors (Lipinski definition) is 2. The van der Waals surface area contributed by atoms with E-state index in [2.05, 4.69) is 12.2 Å². The second-order valence-corrected chi connectivity index (χ2v) is 3.44. The van der Waals surface area contributed by atoms with Gasteiger partial charge in [0.05, 0.1) is 0 Å². The summed E-state index contributed by atoms with van der Waals surface area (Å²) in [5.41, 5.74) is 4.99. The lowest BCUT2D eigenvalue weighted by atomic mass is 9.82. The molecule has 0 atom stereocenters. The van der Waals surface area contributed by atoms with Gasteiger partial charge in [-0.25, -0.2) is 0 Å². The number of rotatable bonds is 4. The van der Waals surface area contributed by atoms with Gasteiger partial charge >= 0.3 is 0 Å². The fourth-order valence-corrected chi connectivity index (χ4v) is 1.47. The van der Waals surface area contributed by atoms with E-state index in [1.807, 2.05) is 0 Å². The molecule has 0 radical (unpaired) electrons. The molecule has 0 aromatic carbocycles. The van der Waals surface area contributed by atoms with Crippen molar-refractivity contribution in [2.24, 2.45) is 11.7 Å². The van der Waals surface area contributed by atoms with Crippen LogP contribution in [0, 0.1) is 5.92 Å². The number of amides is 1. The lowest BCUT2D eigenvalue weighted by molar-refractivity contribution is -0.117. The fourth-order valence-electron chi connectivity index (χ4n) is 1.47. The van der Waals surface area contributed by atoms with Crippen LogP contribution in [0.1, 0.15) is 26.2 Å². The Morgan fingerprint density at radius 1 is 1.64 bits per heavy atom. The minimum atomic E-state index is -0.218. The van der Waals surface area contributed by atoms with Crippen LogP contribution < -0.4 is 11.1 Å². The highest BCUT2D eigenvalue weighted by Crippen LogP contribution is 2.25. The third-order valence-electron chi connectivity index (χ3n) is 2.18. The van der Waals surface area contributed by atoms with Gasteiger partial charge in [0.25, 0.3) is 0 Å². The van der Waals surface area contributed by atoms with Gasteiger partial charge in [0, 0.05) is 19.0 Å². The van der Waals surface area contributed by atoms with E-state index in [-0.39, 0.29) is 5.91 Å². The third-order valence-corrected chi connectivity index (χ3v) is 2.18. The first kappa shape index (κ1) is 8.53. The molecule has 0 aliphatic heterocycles. The van der Waals surface area contributed by atoms with Crippen molar-refractivity contribution in [3.8, 4) is 0 Å². The zero-order valence-electron chi connectivity index (χ0n) is 6.97. The van der Waals surface area contributed by atoms with Crippen molar-refractivity contribution in [3.63, 3.8) is 0 Å². The molecule has 1 saturated carbocycles. The summed E-state index contributed by atoms with van der Waals surface area (Å²) >= 11 is 0. The quantitative estimate of drug-likeness (QED) is 0.613. The summed E-state index contributed by atoms with van der Waals surface area (Å²) in [6.45, 7) is 2.99. The summed E-state index contributed by atoms with van der Waals surface area (Å²) in [6, 6.07) is 0.643. The van der Waals surface area contributed by atoms with Crippen molar-refractivity contribution in [2.75, 3.05) is 6.54 Å². The van der Waals surface area contributed by atoms with Crippen LogP contribution in [0.15, 0.2) is 0 Å². The minimum absolute atomic E-state index is 0.218. The van der Waals surface area contributed by atoms with Crippen LogP contribution in [-0.4, -0.2) is 18.5 Å². The summed E-state index contributed by atoms with van der Waals surface area (Å²) in [4.78, 5) is 10.3. The van der Waals surface area contributed by atoms with E-state index < -0.39 is 0 Å². The van der Waals surface area contributed by atoms with Crippen molar-refractivity contribution < 1.29 is 4.79 Å². The molecule has 0 bridgehead atoms. The van der Waals surface area contributed by atoms with E-state index in [1.165, 1.54) is 12.8 Å². The van der Waals surface area contributed by atoms with Gasteiger partial charge in [0.15, 0.2) is 0 Å². The number of nitrogens with two attached hydrogens (primary N) is 1. The normalized spacial score (nSPS) is 29.5. The largest absolute Gasteiger partial charge is 0.370 e. The molecule has 11 heavy (non-hydrogen) atoms. The Kier molecular flexibility index (Phi) is 2.88. The highest BCUT2D eigenvalue weighted by Gasteiger charge is 2.24. The molecule has 3 heteroatoms. The highest BCUT2D eigenvalue weighted by atomic mass is 16.1. The molecule has 0 aromatic heterocycles. The molecule has 0 spiro atoms. The topological polar surface area (TPSA) is 55.1 Å². The summed E-state index contributed by atoms with van der Waals surface area (Å²) < 4.78 is 0. The van der Waals surface area contributed by atoms with E-state index >= 15 is 0 Å². The van der Waals surface area contributed by atoms with Gasteiger partial charge in [-0.3, -0.25) is 4.79 Å². The molecule has 1 aliphatic rings. The highest BCUT2D eigenvalue weighted by molar-refractivity contribution is 5.73. The summed E-state index contributed by atoms with van der Waals surface area (Å²) in [5.74, 6) is 0.644. The maximum Gasteiger partial charge on any atom is 0.218 e. The number of nitrogens with one attached hydrogen (secondary N) is 1. The van der Waals surface area contributed by atoms with Crippen LogP contribution in [0.2, 0.25) is 0 Å². The summed E-state index contributed by atoms with van der Waals surface area (Å²) in [6.07, 6.45) is 2.96. The van der Waals surface area contributed by atoms with E-state index in [0.29, 0.717) is 12.5 Å². The molecule has 3 N–H and O–H groups in total. The van der Waals surface area contributed by atoms with Gasteiger partial charge in [-0.1, -0.05) is 6.92 Å². The van der Waals surface area contributed by atoms with Crippen molar-refractivity contribution >= 4 is 5.91 Å². The van der Waals surface area contributed by atoms with Gasteiger partial charge < -0.3 is 11.1 Å². The number of carbonyl (C=O) groups excluding carboxylic acids is 1. The predicted octanol–water partition coefficient (Wildman–Crippen LogP) is 0.250. The van der Waals surface area contributed by atoms with Crippen LogP contribution in [0.3, 0.4) is 0 Å². The van der Waals surface area contributed by atoms with Crippen LogP contribution in [0.4, 0.5) is 0 Å². The smallest absolute Gasteiger partial charge is 0.218 e. The van der Waals surface area contributed by atoms with E-state index in [4.69, 9.17) is 5.73 Å². The first-order chi connectivity index (χ1) is 5.18. The first-order valence-electron chi connectivity index (χ1n) is 4.20. The van der Waals surface area contributed by atoms with Crippen LogP contribution in [0.5, 0.6) is 0 Å².